The first-order valence-corrected chi connectivity index (χ1v) is 5.90. The Balaban J connectivity index is 2.62. The number of carbonyl (C=O) groups excluding carboxylic acids is 1. The Morgan fingerprint density at radius 2 is 2.20 bits per heavy atom. The van der Waals surface area contributed by atoms with Crippen molar-refractivity contribution in [3.8, 4) is 0 Å². The van der Waals surface area contributed by atoms with Gasteiger partial charge >= 0.3 is 5.97 Å². The summed E-state index contributed by atoms with van der Waals surface area (Å²) in [6.45, 7) is 4.01. The fourth-order valence-corrected chi connectivity index (χ4v) is 1.68. The van der Waals surface area contributed by atoms with Crippen molar-refractivity contribution in [2.24, 2.45) is 0 Å². The molecule has 0 aromatic heterocycles. The lowest BCUT2D eigenvalue weighted by Crippen LogP contribution is -2.28. The summed E-state index contributed by atoms with van der Waals surface area (Å²) in [6, 6.07) is 7.50. The second kappa shape index (κ2) is 5.95. The molecule has 0 saturated heterocycles. The van der Waals surface area contributed by atoms with E-state index in [-0.39, 0.29) is 12.0 Å². The number of ether oxygens (including phenoxy) is 1. The van der Waals surface area contributed by atoms with Gasteiger partial charge in [-0.2, -0.15) is 0 Å². The molecule has 4 heteroatoms. The van der Waals surface area contributed by atoms with Gasteiger partial charge in [0, 0.05) is 9.26 Å². The Bertz CT molecular complexity index is 341. The molecule has 1 N–H and O–H groups in total. The maximum absolute atomic E-state index is 11.4. The number of rotatable bonds is 4. The predicted molar refractivity (Wildman–Crippen MR) is 68.9 cm³/mol. The van der Waals surface area contributed by atoms with Crippen LogP contribution in [-0.2, 0) is 9.53 Å². The van der Waals surface area contributed by atoms with E-state index in [1.54, 1.807) is 13.8 Å². The maximum atomic E-state index is 11.4. The number of benzene rings is 1. The summed E-state index contributed by atoms with van der Waals surface area (Å²) in [5.41, 5.74) is 0.957. The van der Waals surface area contributed by atoms with Crippen LogP contribution in [-0.4, -0.2) is 18.6 Å². The third-order valence-electron chi connectivity index (χ3n) is 1.89. The highest BCUT2D eigenvalue weighted by molar-refractivity contribution is 14.1. The average Bonchev–Trinajstić information content (AvgIpc) is 2.21. The number of esters is 1. The molecule has 0 saturated carbocycles. The zero-order valence-corrected chi connectivity index (χ0v) is 10.9. The number of carbonyl (C=O) groups is 1. The first-order valence-electron chi connectivity index (χ1n) is 4.83. The van der Waals surface area contributed by atoms with Crippen LogP contribution in [0.5, 0.6) is 0 Å². The van der Waals surface area contributed by atoms with Crippen LogP contribution in [0.2, 0.25) is 0 Å². The summed E-state index contributed by atoms with van der Waals surface area (Å²) in [6.07, 6.45) is 0. The number of para-hydroxylation sites is 1. The standard InChI is InChI=1S/C11H14INO2/c1-3-15-11(14)8(2)13-10-7-5-4-6-9(10)12/h4-8,13H,3H2,1-2H3. The van der Waals surface area contributed by atoms with Crippen molar-refractivity contribution in [2.45, 2.75) is 19.9 Å². The molecule has 0 aliphatic carbocycles. The van der Waals surface area contributed by atoms with Crippen molar-refractivity contribution in [1.82, 2.24) is 0 Å². The van der Waals surface area contributed by atoms with Crippen LogP contribution in [0.15, 0.2) is 24.3 Å². The van der Waals surface area contributed by atoms with Crippen molar-refractivity contribution in [1.29, 1.82) is 0 Å². The van der Waals surface area contributed by atoms with Crippen LogP contribution in [0.4, 0.5) is 5.69 Å². The Kier molecular flexibility index (Phi) is 4.87. The first-order chi connectivity index (χ1) is 7.15. The molecular weight excluding hydrogens is 305 g/mol. The molecule has 0 aliphatic rings. The SMILES string of the molecule is CCOC(=O)C(C)Nc1ccccc1I. The van der Waals surface area contributed by atoms with E-state index in [0.717, 1.165) is 9.26 Å². The topological polar surface area (TPSA) is 38.3 Å². The minimum atomic E-state index is -0.319. The van der Waals surface area contributed by atoms with Crippen LogP contribution in [0.3, 0.4) is 0 Å². The van der Waals surface area contributed by atoms with Gasteiger partial charge in [-0.15, -0.1) is 0 Å². The van der Waals surface area contributed by atoms with Gasteiger partial charge in [-0.05, 0) is 48.6 Å². The monoisotopic (exact) mass is 319 g/mol. The third kappa shape index (κ3) is 3.70. The van der Waals surface area contributed by atoms with E-state index < -0.39 is 0 Å². The Morgan fingerprint density at radius 1 is 1.53 bits per heavy atom. The van der Waals surface area contributed by atoms with Crippen LogP contribution < -0.4 is 5.32 Å². The van der Waals surface area contributed by atoms with Crippen LogP contribution >= 0.6 is 22.6 Å². The highest BCUT2D eigenvalue weighted by Crippen LogP contribution is 2.17. The fraction of sp³-hybridized carbons (Fsp3) is 0.364. The van der Waals surface area contributed by atoms with Gasteiger partial charge in [-0.1, -0.05) is 12.1 Å². The van der Waals surface area contributed by atoms with Gasteiger partial charge in [0.15, 0.2) is 0 Å². The third-order valence-corrected chi connectivity index (χ3v) is 2.83. The first kappa shape index (κ1) is 12.3. The van der Waals surface area contributed by atoms with Crippen molar-refractivity contribution in [3.05, 3.63) is 27.8 Å². The smallest absolute Gasteiger partial charge is 0.328 e. The zero-order chi connectivity index (χ0) is 11.3. The molecule has 0 fully saturated rings. The Hall–Kier alpha value is -0.780. The number of anilines is 1. The number of hydrogen-bond acceptors (Lipinski definition) is 3. The predicted octanol–water partition coefficient (Wildman–Crippen LogP) is 2.65. The molecule has 0 radical (unpaired) electrons. The number of nitrogens with one attached hydrogen (secondary N) is 1. The van der Waals surface area contributed by atoms with Gasteiger partial charge in [-0.25, -0.2) is 4.79 Å². The molecule has 3 nitrogen and oxygen atoms in total. The average molecular weight is 319 g/mol. The van der Waals surface area contributed by atoms with Crippen molar-refractivity contribution in [2.75, 3.05) is 11.9 Å². The second-order valence-corrected chi connectivity index (χ2v) is 4.26. The normalized spacial score (nSPS) is 11.9. The maximum Gasteiger partial charge on any atom is 0.328 e. The lowest BCUT2D eigenvalue weighted by molar-refractivity contribution is -0.143. The summed E-state index contributed by atoms with van der Waals surface area (Å²) < 4.78 is 6.00. The highest BCUT2D eigenvalue weighted by atomic mass is 127. The molecular formula is C11H14INO2. The van der Waals surface area contributed by atoms with E-state index in [4.69, 9.17) is 4.74 Å². The molecule has 1 atom stereocenters. The van der Waals surface area contributed by atoms with E-state index in [1.165, 1.54) is 0 Å². The van der Waals surface area contributed by atoms with Crippen LogP contribution in [0, 0.1) is 3.57 Å². The molecule has 0 spiro atoms. The van der Waals surface area contributed by atoms with Gasteiger partial charge in [0.2, 0.25) is 0 Å². The van der Waals surface area contributed by atoms with Crippen molar-refractivity contribution < 1.29 is 9.53 Å². The molecule has 1 rings (SSSR count). The van der Waals surface area contributed by atoms with Crippen molar-refractivity contribution in [3.63, 3.8) is 0 Å². The minimum Gasteiger partial charge on any atom is -0.464 e. The van der Waals surface area contributed by atoms with E-state index >= 15 is 0 Å². The Morgan fingerprint density at radius 3 is 2.80 bits per heavy atom. The summed E-state index contributed by atoms with van der Waals surface area (Å²) in [7, 11) is 0. The summed E-state index contributed by atoms with van der Waals surface area (Å²) in [5, 5.41) is 3.11. The van der Waals surface area contributed by atoms with Gasteiger partial charge in [0.25, 0.3) is 0 Å². The molecule has 1 aromatic rings. The van der Waals surface area contributed by atoms with E-state index in [2.05, 4.69) is 27.9 Å². The number of halogens is 1. The molecule has 1 aromatic carbocycles. The van der Waals surface area contributed by atoms with Crippen molar-refractivity contribution >= 4 is 34.2 Å². The summed E-state index contributed by atoms with van der Waals surface area (Å²) in [5.74, 6) is -0.225. The van der Waals surface area contributed by atoms with E-state index in [0.29, 0.717) is 6.61 Å². The fourth-order valence-electron chi connectivity index (χ4n) is 1.14. The summed E-state index contributed by atoms with van der Waals surface area (Å²) >= 11 is 2.22. The van der Waals surface area contributed by atoms with Crippen LogP contribution in [0.25, 0.3) is 0 Å². The Labute approximate surface area is 103 Å². The van der Waals surface area contributed by atoms with E-state index in [9.17, 15) is 4.79 Å². The zero-order valence-electron chi connectivity index (χ0n) is 8.79. The van der Waals surface area contributed by atoms with Gasteiger partial charge in [0.05, 0.1) is 6.61 Å². The molecule has 0 amide bonds. The molecule has 15 heavy (non-hydrogen) atoms. The minimum absolute atomic E-state index is 0.225. The van der Waals surface area contributed by atoms with E-state index in [1.807, 2.05) is 24.3 Å². The quantitative estimate of drug-likeness (QED) is 0.685. The largest absolute Gasteiger partial charge is 0.464 e. The van der Waals surface area contributed by atoms with Gasteiger partial charge in [-0.3, -0.25) is 0 Å². The van der Waals surface area contributed by atoms with Gasteiger partial charge in [0.1, 0.15) is 6.04 Å². The second-order valence-electron chi connectivity index (χ2n) is 3.10. The number of hydrogen-bond donors (Lipinski definition) is 1. The molecule has 0 heterocycles. The molecule has 0 bridgehead atoms. The molecule has 1 unspecified atom stereocenters. The highest BCUT2D eigenvalue weighted by Gasteiger charge is 2.13. The lowest BCUT2D eigenvalue weighted by Gasteiger charge is -2.14. The van der Waals surface area contributed by atoms with Crippen LogP contribution in [0.1, 0.15) is 13.8 Å². The van der Waals surface area contributed by atoms with Gasteiger partial charge < -0.3 is 10.1 Å². The lowest BCUT2D eigenvalue weighted by atomic mass is 10.2. The molecule has 0 aliphatic heterocycles. The molecule has 82 valence electrons. The summed E-state index contributed by atoms with van der Waals surface area (Å²) in [4.78, 5) is 11.4.